The van der Waals surface area contributed by atoms with E-state index in [1.165, 1.54) is 26.3 Å². The van der Waals surface area contributed by atoms with Crippen LogP contribution >= 0.6 is 24.0 Å². The highest BCUT2D eigenvalue weighted by Gasteiger charge is 2.33. The lowest BCUT2D eigenvalue weighted by atomic mass is 10.1. The van der Waals surface area contributed by atoms with Gasteiger partial charge in [-0.2, -0.15) is 13.2 Å². The molecular formula is C19H30F3IN4O3. The number of ether oxygens (including phenoxy) is 2. The van der Waals surface area contributed by atoms with Crippen molar-refractivity contribution >= 4 is 36.0 Å². The summed E-state index contributed by atoms with van der Waals surface area (Å²) in [4.78, 5) is 15.5. The SMILES string of the molecule is CN=C(NCCCNC(=O)OC(C)(C)C)NCc1ccc(OC)cc1C(F)(F)F.I. The highest BCUT2D eigenvalue weighted by atomic mass is 127. The summed E-state index contributed by atoms with van der Waals surface area (Å²) in [6.45, 7) is 6.11. The molecule has 0 unspecified atom stereocenters. The molecule has 11 heteroatoms. The number of alkyl carbamates (subject to hydrolysis) is 1. The van der Waals surface area contributed by atoms with Gasteiger partial charge in [0, 0.05) is 26.7 Å². The molecule has 172 valence electrons. The van der Waals surface area contributed by atoms with E-state index < -0.39 is 23.4 Å². The van der Waals surface area contributed by atoms with Crippen LogP contribution in [0.5, 0.6) is 5.75 Å². The minimum Gasteiger partial charge on any atom is -0.497 e. The molecule has 0 heterocycles. The topological polar surface area (TPSA) is 84.0 Å². The van der Waals surface area contributed by atoms with E-state index in [0.717, 1.165) is 6.07 Å². The molecule has 0 atom stereocenters. The molecule has 0 aliphatic carbocycles. The molecule has 7 nitrogen and oxygen atoms in total. The van der Waals surface area contributed by atoms with Gasteiger partial charge in [-0.25, -0.2) is 4.79 Å². The van der Waals surface area contributed by atoms with Gasteiger partial charge in [0.1, 0.15) is 11.4 Å². The Hall–Kier alpha value is -1.92. The third-order valence-corrected chi connectivity index (χ3v) is 3.61. The zero-order chi connectivity index (χ0) is 22.1. The molecule has 0 radical (unpaired) electrons. The lowest BCUT2D eigenvalue weighted by molar-refractivity contribution is -0.138. The number of carbonyl (C=O) groups excluding carboxylic acids is 1. The number of amides is 1. The Morgan fingerprint density at radius 1 is 1.10 bits per heavy atom. The molecule has 1 aromatic carbocycles. The van der Waals surface area contributed by atoms with Crippen LogP contribution in [0.15, 0.2) is 23.2 Å². The smallest absolute Gasteiger partial charge is 0.416 e. The van der Waals surface area contributed by atoms with Gasteiger partial charge in [0.2, 0.25) is 0 Å². The third kappa shape index (κ3) is 10.7. The normalized spacial score (nSPS) is 11.9. The Labute approximate surface area is 192 Å². The van der Waals surface area contributed by atoms with Gasteiger partial charge in [0.25, 0.3) is 0 Å². The van der Waals surface area contributed by atoms with E-state index in [-0.39, 0.29) is 41.8 Å². The van der Waals surface area contributed by atoms with Gasteiger partial charge in [0.05, 0.1) is 12.7 Å². The molecule has 0 saturated heterocycles. The van der Waals surface area contributed by atoms with Crippen LogP contribution in [0.4, 0.5) is 18.0 Å². The van der Waals surface area contributed by atoms with Crippen LogP contribution in [0.3, 0.4) is 0 Å². The number of aliphatic imine (C=N–C) groups is 1. The monoisotopic (exact) mass is 546 g/mol. The molecule has 0 spiro atoms. The predicted octanol–water partition coefficient (Wildman–Crippen LogP) is 3.91. The van der Waals surface area contributed by atoms with Gasteiger partial charge in [-0.15, -0.1) is 24.0 Å². The van der Waals surface area contributed by atoms with Crippen molar-refractivity contribution in [1.29, 1.82) is 0 Å². The Morgan fingerprint density at radius 3 is 2.27 bits per heavy atom. The van der Waals surface area contributed by atoms with Gasteiger partial charge >= 0.3 is 12.3 Å². The van der Waals surface area contributed by atoms with Crippen molar-refractivity contribution in [1.82, 2.24) is 16.0 Å². The number of rotatable bonds is 7. The maximum atomic E-state index is 13.3. The fourth-order valence-electron chi connectivity index (χ4n) is 2.30. The number of alkyl halides is 3. The summed E-state index contributed by atoms with van der Waals surface area (Å²) in [5.41, 5.74) is -1.25. The number of halogens is 4. The summed E-state index contributed by atoms with van der Waals surface area (Å²) >= 11 is 0. The number of guanidine groups is 1. The molecular weight excluding hydrogens is 516 g/mol. The van der Waals surface area contributed by atoms with E-state index in [4.69, 9.17) is 9.47 Å². The summed E-state index contributed by atoms with van der Waals surface area (Å²) in [7, 11) is 2.84. The van der Waals surface area contributed by atoms with E-state index >= 15 is 0 Å². The quantitative estimate of drug-likeness (QED) is 0.209. The van der Waals surface area contributed by atoms with Crippen molar-refractivity contribution in [2.45, 2.75) is 45.5 Å². The van der Waals surface area contributed by atoms with Gasteiger partial charge < -0.3 is 25.4 Å². The molecule has 3 N–H and O–H groups in total. The zero-order valence-corrected chi connectivity index (χ0v) is 20.1. The average Bonchev–Trinajstić information content (AvgIpc) is 2.61. The van der Waals surface area contributed by atoms with Crippen molar-refractivity contribution < 1.29 is 27.4 Å². The standard InChI is InChI=1S/C19H29F3N4O3.HI/c1-18(2,3)29-17(27)25-10-6-9-24-16(23-4)26-12-13-7-8-14(28-5)11-15(13)19(20,21)22;/h7-8,11H,6,9-10,12H2,1-5H3,(H,25,27)(H2,23,24,26);1H. The van der Waals surface area contributed by atoms with Crippen LogP contribution in [-0.2, 0) is 17.5 Å². The number of hydrogen-bond donors (Lipinski definition) is 3. The first kappa shape index (κ1) is 28.1. The Bertz CT molecular complexity index is 707. The van der Waals surface area contributed by atoms with Gasteiger partial charge in [-0.05, 0) is 44.9 Å². The second kappa shape index (κ2) is 12.7. The zero-order valence-electron chi connectivity index (χ0n) is 17.8. The van der Waals surface area contributed by atoms with E-state index in [0.29, 0.717) is 25.5 Å². The first-order chi connectivity index (χ1) is 13.5. The van der Waals surface area contributed by atoms with Crippen LogP contribution in [0.2, 0.25) is 0 Å². The number of carbonyl (C=O) groups is 1. The lowest BCUT2D eigenvalue weighted by Gasteiger charge is -2.19. The summed E-state index contributed by atoms with van der Waals surface area (Å²) < 4.78 is 49.8. The molecule has 0 bridgehead atoms. The van der Waals surface area contributed by atoms with Crippen LogP contribution < -0.4 is 20.7 Å². The first-order valence-electron chi connectivity index (χ1n) is 9.11. The number of benzene rings is 1. The molecule has 1 amide bonds. The molecule has 1 rings (SSSR count). The van der Waals surface area contributed by atoms with Crippen LogP contribution in [0, 0.1) is 0 Å². The van der Waals surface area contributed by atoms with Crippen molar-refractivity contribution in [2.24, 2.45) is 4.99 Å². The third-order valence-electron chi connectivity index (χ3n) is 3.61. The molecule has 0 saturated carbocycles. The average molecular weight is 546 g/mol. The first-order valence-corrected chi connectivity index (χ1v) is 9.11. The summed E-state index contributed by atoms with van der Waals surface area (Å²) in [5, 5.41) is 8.46. The minimum atomic E-state index is -4.49. The van der Waals surface area contributed by atoms with Crippen molar-refractivity contribution in [3.05, 3.63) is 29.3 Å². The Kier molecular flexibility index (Phi) is 11.9. The Balaban J connectivity index is 0.00000841. The molecule has 30 heavy (non-hydrogen) atoms. The summed E-state index contributed by atoms with van der Waals surface area (Å²) in [6, 6.07) is 3.81. The van der Waals surface area contributed by atoms with Crippen molar-refractivity contribution in [3.63, 3.8) is 0 Å². The highest BCUT2D eigenvalue weighted by Crippen LogP contribution is 2.34. The second-order valence-corrected chi connectivity index (χ2v) is 7.16. The molecule has 0 aliphatic heterocycles. The highest BCUT2D eigenvalue weighted by molar-refractivity contribution is 14.0. The molecule has 0 fully saturated rings. The van der Waals surface area contributed by atoms with Gasteiger partial charge in [-0.3, -0.25) is 4.99 Å². The largest absolute Gasteiger partial charge is 0.497 e. The second-order valence-electron chi connectivity index (χ2n) is 7.16. The lowest BCUT2D eigenvalue weighted by Crippen LogP contribution is -2.39. The van der Waals surface area contributed by atoms with E-state index in [1.807, 2.05) is 0 Å². The minimum absolute atomic E-state index is 0. The van der Waals surface area contributed by atoms with Crippen LogP contribution in [-0.4, -0.2) is 44.9 Å². The number of nitrogens with zero attached hydrogens (tertiary/aromatic N) is 1. The number of nitrogens with one attached hydrogen (secondary N) is 3. The van der Waals surface area contributed by atoms with Gasteiger partial charge in [0.15, 0.2) is 5.96 Å². The van der Waals surface area contributed by atoms with Crippen LogP contribution in [0.25, 0.3) is 0 Å². The predicted molar refractivity (Wildman–Crippen MR) is 120 cm³/mol. The van der Waals surface area contributed by atoms with Crippen molar-refractivity contribution in [3.8, 4) is 5.75 Å². The maximum absolute atomic E-state index is 13.3. The Morgan fingerprint density at radius 2 is 1.73 bits per heavy atom. The van der Waals surface area contributed by atoms with E-state index in [9.17, 15) is 18.0 Å². The molecule has 0 aromatic heterocycles. The maximum Gasteiger partial charge on any atom is 0.416 e. The van der Waals surface area contributed by atoms with E-state index in [2.05, 4.69) is 20.9 Å². The number of hydrogen-bond acceptors (Lipinski definition) is 4. The van der Waals surface area contributed by atoms with Crippen LogP contribution in [0.1, 0.15) is 38.3 Å². The number of methoxy groups -OCH3 is 1. The summed E-state index contributed by atoms with van der Waals surface area (Å²) in [5.74, 6) is 0.493. The fourth-order valence-corrected chi connectivity index (χ4v) is 2.30. The molecule has 1 aromatic rings. The van der Waals surface area contributed by atoms with Crippen molar-refractivity contribution in [2.75, 3.05) is 27.2 Å². The van der Waals surface area contributed by atoms with E-state index in [1.54, 1.807) is 20.8 Å². The van der Waals surface area contributed by atoms with Gasteiger partial charge in [-0.1, -0.05) is 6.07 Å². The summed E-state index contributed by atoms with van der Waals surface area (Å²) in [6.07, 6.45) is -4.41. The fraction of sp³-hybridized carbons (Fsp3) is 0.579. The molecule has 0 aliphatic rings.